The quantitative estimate of drug-likeness (QED) is 0.327. The maximum atomic E-state index is 13.3. The lowest BCUT2D eigenvalue weighted by atomic mass is 9.85. The molecule has 0 aliphatic heterocycles. The van der Waals surface area contributed by atoms with Gasteiger partial charge >= 0.3 is 0 Å². The SMILES string of the molecule is Cn1cc2cc(-c3n[nH]c4ccc(C(=O)NC5CCCC(Cn6cnc7ccccc76)C5)cc34)ccc2n1. The summed E-state index contributed by atoms with van der Waals surface area (Å²) in [5, 5.41) is 17.5. The van der Waals surface area contributed by atoms with Gasteiger partial charge in [-0.25, -0.2) is 4.98 Å². The second-order valence-corrected chi connectivity index (χ2v) is 10.5. The third kappa shape index (κ3) is 4.12. The van der Waals surface area contributed by atoms with Gasteiger partial charge in [-0.3, -0.25) is 14.6 Å². The van der Waals surface area contributed by atoms with E-state index in [1.54, 1.807) is 0 Å². The summed E-state index contributed by atoms with van der Waals surface area (Å²) in [6.07, 6.45) is 8.21. The molecule has 0 spiro atoms. The van der Waals surface area contributed by atoms with Crippen LogP contribution in [0.15, 0.2) is 73.2 Å². The Balaban J connectivity index is 1.08. The maximum Gasteiger partial charge on any atom is 0.251 e. The number of amides is 1. The van der Waals surface area contributed by atoms with Gasteiger partial charge in [0.2, 0.25) is 0 Å². The molecule has 0 saturated heterocycles. The van der Waals surface area contributed by atoms with Crippen molar-refractivity contribution in [3.63, 3.8) is 0 Å². The summed E-state index contributed by atoms with van der Waals surface area (Å²) >= 11 is 0. The molecule has 1 saturated carbocycles. The molecule has 190 valence electrons. The van der Waals surface area contributed by atoms with Crippen LogP contribution in [0.4, 0.5) is 0 Å². The van der Waals surface area contributed by atoms with Crippen molar-refractivity contribution in [3.05, 3.63) is 78.8 Å². The van der Waals surface area contributed by atoms with E-state index in [0.29, 0.717) is 11.5 Å². The van der Waals surface area contributed by atoms with Crippen LogP contribution in [0.1, 0.15) is 36.0 Å². The molecule has 1 fully saturated rings. The van der Waals surface area contributed by atoms with Crippen LogP contribution in [-0.2, 0) is 13.6 Å². The Bertz CT molecular complexity index is 1790. The molecular weight excluding hydrogens is 474 g/mol. The minimum absolute atomic E-state index is 0.0273. The molecular formula is C30H29N7O. The predicted molar refractivity (Wildman–Crippen MR) is 149 cm³/mol. The molecule has 6 aromatic rings. The molecule has 2 N–H and O–H groups in total. The van der Waals surface area contributed by atoms with Crippen molar-refractivity contribution >= 4 is 38.7 Å². The Morgan fingerprint density at radius 1 is 1.08 bits per heavy atom. The number of fused-ring (bicyclic) bond motifs is 3. The average molecular weight is 504 g/mol. The predicted octanol–water partition coefficient (Wildman–Crippen LogP) is 5.46. The zero-order valence-electron chi connectivity index (χ0n) is 21.3. The first kappa shape index (κ1) is 22.7. The number of aryl methyl sites for hydroxylation is 1. The van der Waals surface area contributed by atoms with E-state index in [4.69, 9.17) is 0 Å². The summed E-state index contributed by atoms with van der Waals surface area (Å²) in [5.74, 6) is 0.484. The van der Waals surface area contributed by atoms with Crippen molar-refractivity contribution in [2.24, 2.45) is 13.0 Å². The fourth-order valence-corrected chi connectivity index (χ4v) is 5.96. The van der Waals surface area contributed by atoms with E-state index >= 15 is 0 Å². The first-order valence-corrected chi connectivity index (χ1v) is 13.2. The van der Waals surface area contributed by atoms with Crippen molar-refractivity contribution in [1.29, 1.82) is 0 Å². The number of nitrogens with one attached hydrogen (secondary N) is 2. The molecule has 3 aromatic carbocycles. The lowest BCUT2D eigenvalue weighted by Gasteiger charge is -2.30. The molecule has 38 heavy (non-hydrogen) atoms. The standard InChI is InChI=1S/C30H29N7O/c1-36-17-22-14-20(9-11-25(22)35-36)29-24-15-21(10-12-26(24)33-34-29)30(38)32-23-6-4-5-19(13-23)16-37-18-31-27-7-2-3-8-28(27)37/h2-3,7-12,14-15,17-19,23H,4-6,13,16H2,1H3,(H,32,38)(H,33,34). The molecule has 3 heterocycles. The van der Waals surface area contributed by atoms with Crippen LogP contribution in [0.3, 0.4) is 0 Å². The third-order valence-corrected chi connectivity index (χ3v) is 7.82. The zero-order chi connectivity index (χ0) is 25.6. The zero-order valence-corrected chi connectivity index (χ0v) is 21.3. The fourth-order valence-electron chi connectivity index (χ4n) is 5.96. The van der Waals surface area contributed by atoms with E-state index in [0.717, 1.165) is 64.4 Å². The topological polar surface area (TPSA) is 93.4 Å². The van der Waals surface area contributed by atoms with Crippen LogP contribution in [0, 0.1) is 5.92 Å². The average Bonchev–Trinajstić information content (AvgIpc) is 3.64. The number of H-pyrrole nitrogens is 1. The van der Waals surface area contributed by atoms with Gasteiger partial charge in [0, 0.05) is 47.7 Å². The first-order chi connectivity index (χ1) is 18.6. The van der Waals surface area contributed by atoms with Gasteiger partial charge in [-0.15, -0.1) is 0 Å². The normalized spacial score (nSPS) is 17.9. The Kier molecular flexibility index (Phi) is 5.46. The molecule has 0 bridgehead atoms. The first-order valence-electron chi connectivity index (χ1n) is 13.2. The lowest BCUT2D eigenvalue weighted by Crippen LogP contribution is -2.39. The number of carbonyl (C=O) groups is 1. The number of benzene rings is 3. The molecule has 2 unspecified atom stereocenters. The molecule has 7 rings (SSSR count). The number of hydrogen-bond donors (Lipinski definition) is 2. The van der Waals surface area contributed by atoms with Gasteiger partial charge in [-0.05, 0) is 67.6 Å². The number of aromatic amines is 1. The van der Waals surface area contributed by atoms with E-state index in [1.807, 2.05) is 60.7 Å². The second kappa shape index (κ2) is 9.13. The second-order valence-electron chi connectivity index (χ2n) is 10.5. The molecule has 1 aliphatic carbocycles. The van der Waals surface area contributed by atoms with E-state index in [2.05, 4.69) is 54.4 Å². The molecule has 1 amide bonds. The molecule has 8 heteroatoms. The van der Waals surface area contributed by atoms with E-state index in [-0.39, 0.29) is 11.9 Å². The Morgan fingerprint density at radius 2 is 2.00 bits per heavy atom. The molecule has 2 atom stereocenters. The monoisotopic (exact) mass is 503 g/mol. The Labute approximate surface area is 219 Å². The summed E-state index contributed by atoms with van der Waals surface area (Å²) < 4.78 is 4.06. The van der Waals surface area contributed by atoms with Gasteiger partial charge in [0.25, 0.3) is 5.91 Å². The number of imidazole rings is 1. The van der Waals surface area contributed by atoms with Crippen LogP contribution in [0.5, 0.6) is 0 Å². The molecule has 3 aromatic heterocycles. The van der Waals surface area contributed by atoms with Gasteiger partial charge in [0.1, 0.15) is 0 Å². The number of hydrogen-bond acceptors (Lipinski definition) is 4. The van der Waals surface area contributed by atoms with Crippen molar-refractivity contribution < 1.29 is 4.79 Å². The minimum atomic E-state index is -0.0273. The molecule has 1 aliphatic rings. The van der Waals surface area contributed by atoms with Crippen LogP contribution >= 0.6 is 0 Å². The van der Waals surface area contributed by atoms with Crippen LogP contribution in [0.2, 0.25) is 0 Å². The van der Waals surface area contributed by atoms with Crippen LogP contribution in [-0.4, -0.2) is 41.5 Å². The van der Waals surface area contributed by atoms with Crippen molar-refractivity contribution in [2.75, 3.05) is 0 Å². The number of para-hydroxylation sites is 2. The number of rotatable bonds is 5. The largest absolute Gasteiger partial charge is 0.349 e. The van der Waals surface area contributed by atoms with E-state index in [1.165, 1.54) is 11.9 Å². The number of aromatic nitrogens is 6. The summed E-state index contributed by atoms with van der Waals surface area (Å²) in [6.45, 7) is 0.929. The van der Waals surface area contributed by atoms with E-state index in [9.17, 15) is 4.79 Å². The van der Waals surface area contributed by atoms with Crippen molar-refractivity contribution in [1.82, 2.24) is 34.8 Å². The van der Waals surface area contributed by atoms with Crippen LogP contribution < -0.4 is 5.32 Å². The van der Waals surface area contributed by atoms with Gasteiger partial charge < -0.3 is 9.88 Å². The lowest BCUT2D eigenvalue weighted by molar-refractivity contribution is 0.0918. The molecule has 0 radical (unpaired) electrons. The summed E-state index contributed by atoms with van der Waals surface area (Å²) in [4.78, 5) is 17.9. The smallest absolute Gasteiger partial charge is 0.251 e. The number of nitrogens with zero attached hydrogens (tertiary/aromatic N) is 5. The Hall–Kier alpha value is -4.46. The Morgan fingerprint density at radius 3 is 2.95 bits per heavy atom. The highest BCUT2D eigenvalue weighted by Gasteiger charge is 2.25. The van der Waals surface area contributed by atoms with Gasteiger partial charge in [-0.2, -0.15) is 10.2 Å². The minimum Gasteiger partial charge on any atom is -0.349 e. The van der Waals surface area contributed by atoms with Gasteiger partial charge in [0.15, 0.2) is 0 Å². The highest BCUT2D eigenvalue weighted by Crippen LogP contribution is 2.30. The maximum absolute atomic E-state index is 13.3. The van der Waals surface area contributed by atoms with Crippen LogP contribution in [0.25, 0.3) is 44.1 Å². The summed E-state index contributed by atoms with van der Waals surface area (Å²) in [5.41, 5.74) is 6.55. The summed E-state index contributed by atoms with van der Waals surface area (Å²) in [7, 11) is 1.92. The van der Waals surface area contributed by atoms with Crippen molar-refractivity contribution in [3.8, 4) is 11.3 Å². The van der Waals surface area contributed by atoms with Gasteiger partial charge in [-0.1, -0.05) is 24.6 Å². The molecule has 8 nitrogen and oxygen atoms in total. The highest BCUT2D eigenvalue weighted by molar-refractivity contribution is 6.02. The summed E-state index contributed by atoms with van der Waals surface area (Å²) in [6, 6.07) is 20.3. The third-order valence-electron chi connectivity index (χ3n) is 7.82. The highest BCUT2D eigenvalue weighted by atomic mass is 16.1. The van der Waals surface area contributed by atoms with Gasteiger partial charge in [0.05, 0.1) is 34.1 Å². The fraction of sp³-hybridized carbons (Fsp3) is 0.267. The number of carbonyl (C=O) groups excluding carboxylic acids is 1. The van der Waals surface area contributed by atoms with E-state index < -0.39 is 0 Å². The van der Waals surface area contributed by atoms with Crippen molar-refractivity contribution in [2.45, 2.75) is 38.3 Å².